The Morgan fingerprint density at radius 3 is 2.71 bits per heavy atom. The van der Waals surface area contributed by atoms with E-state index in [0.29, 0.717) is 36.8 Å². The third-order valence-electron chi connectivity index (χ3n) is 7.18. The van der Waals surface area contributed by atoms with Gasteiger partial charge in [-0.25, -0.2) is 18.1 Å². The highest BCUT2D eigenvalue weighted by Crippen LogP contribution is 2.42. The van der Waals surface area contributed by atoms with Gasteiger partial charge >= 0.3 is 0 Å². The van der Waals surface area contributed by atoms with Crippen LogP contribution in [0.3, 0.4) is 0 Å². The number of pyridine rings is 1. The monoisotopic (exact) mass is 553 g/mol. The fraction of sp³-hybridized carbons (Fsp3) is 0.444. The van der Waals surface area contributed by atoms with Crippen LogP contribution < -0.4 is 4.90 Å². The number of ether oxygens (including phenoxy) is 2. The molecule has 2 atom stereocenters. The molecule has 2 saturated heterocycles. The number of benzene rings is 1. The molecular weight excluding hydrogens is 522 g/mol. The topological polar surface area (TPSA) is 99.4 Å². The number of hydrogen-bond donors (Lipinski definition) is 0. The fourth-order valence-corrected chi connectivity index (χ4v) is 7.09. The zero-order valence-electron chi connectivity index (χ0n) is 21.8. The van der Waals surface area contributed by atoms with E-state index in [-0.39, 0.29) is 12.3 Å². The summed E-state index contributed by atoms with van der Waals surface area (Å²) in [5.41, 5.74) is 4.69. The standard InChI is InChI=1S/C27H31N5O4S2/c1-17-14-21(32(29-17)24-10-6-7-12-36-24)25-26-27(37-30-25)20(19-8-4-5-9-22(19)38(3,33)34)15-23(28-26)31-11-13-35-16-18(31)2/h4-5,8-9,14-15,18,24H,6-7,10-13,16H2,1-3H3/t18-,24?/m1/s1. The van der Waals surface area contributed by atoms with Crippen LogP contribution in [-0.2, 0) is 19.3 Å². The Morgan fingerprint density at radius 2 is 1.95 bits per heavy atom. The predicted octanol–water partition coefficient (Wildman–Crippen LogP) is 4.86. The minimum absolute atomic E-state index is 0.130. The van der Waals surface area contributed by atoms with E-state index in [4.69, 9.17) is 23.9 Å². The summed E-state index contributed by atoms with van der Waals surface area (Å²) in [6, 6.07) is 11.3. The van der Waals surface area contributed by atoms with Crippen LogP contribution >= 0.6 is 11.5 Å². The summed E-state index contributed by atoms with van der Waals surface area (Å²) in [5, 5.41) is 4.77. The Hall–Kier alpha value is -2.86. The van der Waals surface area contributed by atoms with E-state index in [9.17, 15) is 8.42 Å². The molecule has 2 aliphatic rings. The number of morpholine rings is 1. The Morgan fingerprint density at radius 1 is 1.11 bits per heavy atom. The number of fused-ring (bicyclic) bond motifs is 1. The van der Waals surface area contributed by atoms with E-state index in [2.05, 4.69) is 11.8 Å². The van der Waals surface area contributed by atoms with E-state index in [1.165, 1.54) is 17.8 Å². The van der Waals surface area contributed by atoms with Gasteiger partial charge in [0.25, 0.3) is 0 Å². The number of hydrogen-bond acceptors (Lipinski definition) is 9. The number of rotatable bonds is 5. The predicted molar refractivity (Wildman–Crippen MR) is 148 cm³/mol. The number of aryl methyl sites for hydroxylation is 1. The fourth-order valence-electron chi connectivity index (χ4n) is 5.33. The molecule has 0 spiro atoms. The van der Waals surface area contributed by atoms with Crippen LogP contribution in [0.15, 0.2) is 41.3 Å². The molecular formula is C27H31N5O4S2. The average Bonchev–Trinajstić information content (AvgIpc) is 3.51. The lowest BCUT2D eigenvalue weighted by Gasteiger charge is -2.34. The Kier molecular flexibility index (Phi) is 6.71. The molecule has 0 bridgehead atoms. The Bertz CT molecular complexity index is 1590. The van der Waals surface area contributed by atoms with Gasteiger partial charge in [0, 0.05) is 30.5 Å². The second-order valence-electron chi connectivity index (χ2n) is 10.1. The lowest BCUT2D eigenvalue weighted by atomic mass is 10.0. The van der Waals surface area contributed by atoms with Gasteiger partial charge in [0.15, 0.2) is 16.1 Å². The van der Waals surface area contributed by atoms with Gasteiger partial charge in [-0.05, 0) is 62.8 Å². The van der Waals surface area contributed by atoms with Crippen LogP contribution in [0.1, 0.15) is 38.1 Å². The molecule has 2 aliphatic heterocycles. The van der Waals surface area contributed by atoms with Crippen LogP contribution in [0, 0.1) is 6.92 Å². The maximum absolute atomic E-state index is 12.8. The molecule has 2 fully saturated rings. The normalized spacial score (nSPS) is 20.8. The third-order valence-corrected chi connectivity index (χ3v) is 9.20. The molecule has 38 heavy (non-hydrogen) atoms. The number of anilines is 1. The van der Waals surface area contributed by atoms with Crippen molar-refractivity contribution in [1.29, 1.82) is 0 Å². The highest BCUT2D eigenvalue weighted by Gasteiger charge is 2.28. The number of aromatic nitrogens is 4. The molecule has 3 aromatic heterocycles. The maximum atomic E-state index is 12.8. The van der Waals surface area contributed by atoms with Crippen molar-refractivity contribution in [1.82, 2.24) is 19.1 Å². The Balaban J connectivity index is 1.60. The van der Waals surface area contributed by atoms with E-state index in [1.54, 1.807) is 12.1 Å². The highest BCUT2D eigenvalue weighted by molar-refractivity contribution is 7.90. The number of nitrogens with zero attached hydrogens (tertiary/aromatic N) is 5. The minimum Gasteiger partial charge on any atom is -0.377 e. The van der Waals surface area contributed by atoms with Crippen molar-refractivity contribution in [3.8, 4) is 22.5 Å². The molecule has 6 rings (SSSR count). The number of sulfone groups is 1. The minimum atomic E-state index is -3.46. The van der Waals surface area contributed by atoms with Crippen LogP contribution in [0.5, 0.6) is 0 Å². The van der Waals surface area contributed by atoms with Crippen LogP contribution in [-0.4, -0.2) is 66.2 Å². The molecule has 11 heteroatoms. The van der Waals surface area contributed by atoms with Crippen molar-refractivity contribution in [2.45, 2.75) is 50.3 Å². The molecule has 1 unspecified atom stereocenters. The first-order valence-corrected chi connectivity index (χ1v) is 15.6. The maximum Gasteiger partial charge on any atom is 0.176 e. The summed E-state index contributed by atoms with van der Waals surface area (Å²) in [5.74, 6) is 0.782. The summed E-state index contributed by atoms with van der Waals surface area (Å²) in [7, 11) is -3.46. The summed E-state index contributed by atoms with van der Waals surface area (Å²) >= 11 is 1.34. The molecule has 200 valence electrons. The molecule has 0 aliphatic carbocycles. The van der Waals surface area contributed by atoms with Crippen molar-refractivity contribution in [2.75, 3.05) is 37.5 Å². The molecule has 5 heterocycles. The van der Waals surface area contributed by atoms with E-state index in [0.717, 1.165) is 57.9 Å². The molecule has 0 amide bonds. The van der Waals surface area contributed by atoms with Gasteiger partial charge in [0.1, 0.15) is 17.0 Å². The summed E-state index contributed by atoms with van der Waals surface area (Å²) in [6.45, 7) is 6.71. The van der Waals surface area contributed by atoms with Crippen LogP contribution in [0.25, 0.3) is 32.7 Å². The van der Waals surface area contributed by atoms with Gasteiger partial charge in [0.2, 0.25) is 0 Å². The molecule has 0 radical (unpaired) electrons. The van der Waals surface area contributed by atoms with Gasteiger partial charge in [-0.15, -0.1) is 0 Å². The second kappa shape index (κ2) is 10.0. The van der Waals surface area contributed by atoms with Gasteiger partial charge in [-0.3, -0.25) is 0 Å². The lowest BCUT2D eigenvalue weighted by molar-refractivity contribution is -0.0385. The van der Waals surface area contributed by atoms with Gasteiger partial charge < -0.3 is 14.4 Å². The molecule has 4 aromatic rings. The third kappa shape index (κ3) is 4.61. The largest absolute Gasteiger partial charge is 0.377 e. The summed E-state index contributed by atoms with van der Waals surface area (Å²) in [4.78, 5) is 7.66. The quantitative estimate of drug-likeness (QED) is 0.346. The van der Waals surface area contributed by atoms with E-state index < -0.39 is 9.84 Å². The Labute approximate surface area is 226 Å². The second-order valence-corrected chi connectivity index (χ2v) is 12.8. The first-order chi connectivity index (χ1) is 18.3. The SMILES string of the molecule is Cc1cc(-c2nsc3c(-c4ccccc4S(C)(=O)=O)cc(N4CCOC[C@H]4C)nc23)n(C2CCCCO2)n1. The van der Waals surface area contributed by atoms with Crippen molar-refractivity contribution >= 4 is 37.4 Å². The smallest absolute Gasteiger partial charge is 0.176 e. The van der Waals surface area contributed by atoms with Crippen molar-refractivity contribution in [2.24, 2.45) is 0 Å². The van der Waals surface area contributed by atoms with Gasteiger partial charge in [-0.1, -0.05) is 18.2 Å². The highest BCUT2D eigenvalue weighted by atomic mass is 32.2. The van der Waals surface area contributed by atoms with E-state index >= 15 is 0 Å². The van der Waals surface area contributed by atoms with Crippen molar-refractivity contribution < 1.29 is 17.9 Å². The molecule has 1 aromatic carbocycles. The summed E-state index contributed by atoms with van der Waals surface area (Å²) in [6.07, 6.45) is 4.14. The summed E-state index contributed by atoms with van der Waals surface area (Å²) < 4.78 is 45.0. The first-order valence-electron chi connectivity index (χ1n) is 12.9. The van der Waals surface area contributed by atoms with Crippen LogP contribution in [0.4, 0.5) is 5.82 Å². The molecule has 0 saturated carbocycles. The van der Waals surface area contributed by atoms with E-state index in [1.807, 2.05) is 35.9 Å². The van der Waals surface area contributed by atoms with Gasteiger partial charge in [0.05, 0.1) is 40.2 Å². The van der Waals surface area contributed by atoms with Crippen LogP contribution in [0.2, 0.25) is 0 Å². The zero-order valence-corrected chi connectivity index (χ0v) is 23.4. The molecule has 9 nitrogen and oxygen atoms in total. The average molecular weight is 554 g/mol. The molecule has 0 N–H and O–H groups in total. The van der Waals surface area contributed by atoms with Crippen molar-refractivity contribution in [3.05, 3.63) is 42.1 Å². The van der Waals surface area contributed by atoms with Gasteiger partial charge in [-0.2, -0.15) is 9.47 Å². The van der Waals surface area contributed by atoms with Crippen molar-refractivity contribution in [3.63, 3.8) is 0 Å². The zero-order chi connectivity index (χ0) is 26.4. The first kappa shape index (κ1) is 25.4. The lowest BCUT2D eigenvalue weighted by Crippen LogP contribution is -2.44.